The number of ether oxygens (including phenoxy) is 2. The van der Waals surface area contributed by atoms with Crippen LogP contribution in [-0.4, -0.2) is 25.3 Å². The molecule has 0 saturated heterocycles. The van der Waals surface area contributed by atoms with Gasteiger partial charge < -0.3 is 19.3 Å². The molecule has 0 saturated carbocycles. The molecule has 6 nitrogen and oxygen atoms in total. The number of nitrogens with zero attached hydrogens (tertiary/aromatic N) is 1. The van der Waals surface area contributed by atoms with Crippen molar-refractivity contribution < 1.29 is 18.8 Å². The van der Waals surface area contributed by atoms with Gasteiger partial charge in [-0.1, -0.05) is 31.1 Å². The first-order chi connectivity index (χ1) is 13.4. The zero-order valence-electron chi connectivity index (χ0n) is 16.7. The van der Waals surface area contributed by atoms with Crippen molar-refractivity contribution in [2.75, 3.05) is 19.5 Å². The number of hydrogen-bond acceptors (Lipinski definition) is 5. The predicted molar refractivity (Wildman–Crippen MR) is 108 cm³/mol. The van der Waals surface area contributed by atoms with Crippen molar-refractivity contribution >= 4 is 11.6 Å². The summed E-state index contributed by atoms with van der Waals surface area (Å²) in [6, 6.07) is 13.2. The van der Waals surface area contributed by atoms with Gasteiger partial charge in [0.15, 0.2) is 5.76 Å². The standard InChI is InChI=1S/C22H24N2O4/c1-13(2)21-20(14(3)24-28-21)22(25)23-16-8-11-19(27-5)18(12-16)15-6-9-17(26-4)10-7-15/h6-13H,1-5H3,(H,23,25). The summed E-state index contributed by atoms with van der Waals surface area (Å²) in [6.45, 7) is 5.69. The molecule has 0 bridgehead atoms. The first kappa shape index (κ1) is 19.5. The average Bonchev–Trinajstić information content (AvgIpc) is 3.10. The fourth-order valence-electron chi connectivity index (χ4n) is 3.03. The molecule has 0 aliphatic heterocycles. The molecular formula is C22H24N2O4. The van der Waals surface area contributed by atoms with Crippen LogP contribution in [0.2, 0.25) is 0 Å². The van der Waals surface area contributed by atoms with Crippen LogP contribution < -0.4 is 14.8 Å². The lowest BCUT2D eigenvalue weighted by Gasteiger charge is -2.13. The van der Waals surface area contributed by atoms with Crippen LogP contribution in [0.15, 0.2) is 47.0 Å². The first-order valence-corrected chi connectivity index (χ1v) is 9.04. The number of carbonyl (C=O) groups excluding carboxylic acids is 1. The predicted octanol–water partition coefficient (Wildman–Crippen LogP) is 5.04. The van der Waals surface area contributed by atoms with E-state index in [0.29, 0.717) is 28.5 Å². The van der Waals surface area contributed by atoms with Crippen LogP contribution in [-0.2, 0) is 0 Å². The van der Waals surface area contributed by atoms with Crippen LogP contribution in [0.1, 0.15) is 41.6 Å². The topological polar surface area (TPSA) is 73.6 Å². The van der Waals surface area contributed by atoms with E-state index in [-0.39, 0.29) is 11.8 Å². The van der Waals surface area contributed by atoms with Gasteiger partial charge in [-0.05, 0) is 42.8 Å². The number of rotatable bonds is 6. The molecule has 3 aromatic rings. The Labute approximate surface area is 164 Å². The Kier molecular flexibility index (Phi) is 5.68. The summed E-state index contributed by atoms with van der Waals surface area (Å²) in [5.41, 5.74) is 3.54. The molecular weight excluding hydrogens is 356 g/mol. The summed E-state index contributed by atoms with van der Waals surface area (Å²) in [5, 5.41) is 6.89. The molecule has 0 unspecified atom stereocenters. The summed E-state index contributed by atoms with van der Waals surface area (Å²) < 4.78 is 16.0. The van der Waals surface area contributed by atoms with Gasteiger partial charge in [-0.15, -0.1) is 0 Å². The van der Waals surface area contributed by atoms with Crippen LogP contribution in [0.25, 0.3) is 11.1 Å². The van der Waals surface area contributed by atoms with Crippen molar-refractivity contribution in [3.05, 3.63) is 59.5 Å². The van der Waals surface area contributed by atoms with Crippen molar-refractivity contribution in [3.63, 3.8) is 0 Å². The molecule has 146 valence electrons. The Morgan fingerprint density at radius 3 is 2.39 bits per heavy atom. The van der Waals surface area contributed by atoms with E-state index in [0.717, 1.165) is 16.9 Å². The number of methoxy groups -OCH3 is 2. The minimum atomic E-state index is -0.242. The maximum Gasteiger partial charge on any atom is 0.261 e. The summed E-state index contributed by atoms with van der Waals surface area (Å²) in [6.07, 6.45) is 0. The third-order valence-electron chi connectivity index (χ3n) is 4.50. The zero-order chi connectivity index (χ0) is 20.3. The number of anilines is 1. The van der Waals surface area contributed by atoms with E-state index < -0.39 is 0 Å². The molecule has 0 aliphatic carbocycles. The van der Waals surface area contributed by atoms with E-state index in [1.165, 1.54) is 0 Å². The number of aromatic nitrogens is 1. The van der Waals surface area contributed by atoms with Gasteiger partial charge in [0.25, 0.3) is 5.91 Å². The van der Waals surface area contributed by atoms with E-state index in [2.05, 4.69) is 10.5 Å². The van der Waals surface area contributed by atoms with Crippen LogP contribution in [0.5, 0.6) is 11.5 Å². The van der Waals surface area contributed by atoms with Crippen molar-refractivity contribution in [1.82, 2.24) is 5.16 Å². The largest absolute Gasteiger partial charge is 0.497 e. The second-order valence-electron chi connectivity index (χ2n) is 6.76. The number of benzene rings is 2. The van der Waals surface area contributed by atoms with Crippen LogP contribution in [0.3, 0.4) is 0 Å². The fourth-order valence-corrected chi connectivity index (χ4v) is 3.03. The van der Waals surface area contributed by atoms with E-state index >= 15 is 0 Å². The Bertz CT molecular complexity index is 975. The minimum Gasteiger partial charge on any atom is -0.497 e. The number of nitrogens with one attached hydrogen (secondary N) is 1. The molecule has 1 aromatic heterocycles. The van der Waals surface area contributed by atoms with Gasteiger partial charge in [-0.25, -0.2) is 0 Å². The van der Waals surface area contributed by atoms with Gasteiger partial charge in [0, 0.05) is 17.2 Å². The third-order valence-corrected chi connectivity index (χ3v) is 4.50. The lowest BCUT2D eigenvalue weighted by molar-refractivity contribution is 0.102. The molecule has 0 spiro atoms. The Hall–Kier alpha value is -3.28. The summed E-state index contributed by atoms with van der Waals surface area (Å²) >= 11 is 0. The first-order valence-electron chi connectivity index (χ1n) is 9.04. The number of aryl methyl sites for hydroxylation is 1. The molecule has 0 radical (unpaired) electrons. The molecule has 6 heteroatoms. The van der Waals surface area contributed by atoms with Gasteiger partial charge in [0.1, 0.15) is 17.1 Å². The van der Waals surface area contributed by atoms with E-state index in [9.17, 15) is 4.79 Å². The van der Waals surface area contributed by atoms with E-state index in [1.807, 2.05) is 56.3 Å². The van der Waals surface area contributed by atoms with Gasteiger partial charge >= 0.3 is 0 Å². The summed E-state index contributed by atoms with van der Waals surface area (Å²) in [5.74, 6) is 1.89. The average molecular weight is 380 g/mol. The van der Waals surface area contributed by atoms with Crippen LogP contribution in [0, 0.1) is 6.92 Å². The van der Waals surface area contributed by atoms with E-state index in [1.54, 1.807) is 21.1 Å². The van der Waals surface area contributed by atoms with Gasteiger partial charge in [-0.3, -0.25) is 4.79 Å². The number of carbonyl (C=O) groups is 1. The Balaban J connectivity index is 1.93. The van der Waals surface area contributed by atoms with Crippen molar-refractivity contribution in [1.29, 1.82) is 0 Å². The number of hydrogen-bond donors (Lipinski definition) is 1. The Morgan fingerprint density at radius 2 is 1.79 bits per heavy atom. The maximum absolute atomic E-state index is 12.8. The number of amides is 1. The molecule has 0 atom stereocenters. The van der Waals surface area contributed by atoms with Crippen molar-refractivity contribution in [2.45, 2.75) is 26.7 Å². The molecule has 0 fully saturated rings. The highest BCUT2D eigenvalue weighted by Crippen LogP contribution is 2.34. The quantitative estimate of drug-likeness (QED) is 0.648. The van der Waals surface area contributed by atoms with Gasteiger partial charge in [0.05, 0.1) is 19.9 Å². The molecule has 28 heavy (non-hydrogen) atoms. The van der Waals surface area contributed by atoms with Gasteiger partial charge in [-0.2, -0.15) is 0 Å². The highest BCUT2D eigenvalue weighted by Gasteiger charge is 2.23. The fraction of sp³-hybridized carbons (Fsp3) is 0.273. The van der Waals surface area contributed by atoms with Crippen molar-refractivity contribution in [3.8, 4) is 22.6 Å². The summed E-state index contributed by atoms with van der Waals surface area (Å²) in [4.78, 5) is 12.8. The normalized spacial score (nSPS) is 10.8. The van der Waals surface area contributed by atoms with E-state index in [4.69, 9.17) is 14.0 Å². The van der Waals surface area contributed by atoms with Crippen LogP contribution in [0.4, 0.5) is 5.69 Å². The van der Waals surface area contributed by atoms with Gasteiger partial charge in [0.2, 0.25) is 0 Å². The molecule has 1 N–H and O–H groups in total. The molecule has 1 amide bonds. The monoisotopic (exact) mass is 380 g/mol. The second-order valence-corrected chi connectivity index (χ2v) is 6.76. The highest BCUT2D eigenvalue weighted by molar-refractivity contribution is 6.06. The van der Waals surface area contributed by atoms with Crippen LogP contribution >= 0.6 is 0 Å². The molecule has 1 heterocycles. The smallest absolute Gasteiger partial charge is 0.261 e. The molecule has 0 aliphatic rings. The highest BCUT2D eigenvalue weighted by atomic mass is 16.5. The minimum absolute atomic E-state index is 0.0627. The third kappa shape index (κ3) is 3.86. The van der Waals surface area contributed by atoms with Crippen molar-refractivity contribution in [2.24, 2.45) is 0 Å². The Morgan fingerprint density at radius 1 is 1.07 bits per heavy atom. The maximum atomic E-state index is 12.8. The molecule has 2 aromatic carbocycles. The lowest BCUT2D eigenvalue weighted by Crippen LogP contribution is -2.15. The zero-order valence-corrected chi connectivity index (χ0v) is 16.7. The lowest BCUT2D eigenvalue weighted by atomic mass is 10.0. The SMILES string of the molecule is COc1ccc(-c2cc(NC(=O)c3c(C)noc3C(C)C)ccc2OC)cc1. The summed E-state index contributed by atoms with van der Waals surface area (Å²) in [7, 11) is 3.25. The molecule has 3 rings (SSSR count). The second kappa shape index (κ2) is 8.17.